The highest BCUT2D eigenvalue weighted by atomic mass is 19.1. The lowest BCUT2D eigenvalue weighted by molar-refractivity contribution is -0.0282. The molecule has 3 heteroatoms. The summed E-state index contributed by atoms with van der Waals surface area (Å²) in [6.45, 7) is 5.72. The lowest BCUT2D eigenvalue weighted by atomic mass is 10.1. The lowest BCUT2D eigenvalue weighted by Crippen LogP contribution is -2.38. The molecule has 0 spiro atoms. The molecule has 0 radical (unpaired) electrons. The second-order valence-corrected chi connectivity index (χ2v) is 3.81. The van der Waals surface area contributed by atoms with Crippen LogP contribution in [0, 0.1) is 5.82 Å². The van der Waals surface area contributed by atoms with Crippen molar-refractivity contribution in [3.8, 4) is 0 Å². The molecule has 1 atom stereocenters. The number of likely N-dealkylation sites (N-methyl/N-ethyl adjacent to an activating group) is 1. The minimum Gasteiger partial charge on any atom is -0.371 e. The van der Waals surface area contributed by atoms with Gasteiger partial charge in [0.05, 0.1) is 12.7 Å². The fraction of sp³-hybridized carbons (Fsp3) is 0.500. The van der Waals surface area contributed by atoms with E-state index in [9.17, 15) is 4.39 Å². The zero-order valence-electron chi connectivity index (χ0n) is 8.95. The largest absolute Gasteiger partial charge is 0.371 e. The molecule has 2 nitrogen and oxygen atoms in total. The number of halogens is 1. The number of rotatable bonds is 2. The van der Waals surface area contributed by atoms with Gasteiger partial charge in [-0.3, -0.25) is 4.90 Å². The smallest absolute Gasteiger partial charge is 0.123 e. The Morgan fingerprint density at radius 2 is 2.40 bits per heavy atom. The van der Waals surface area contributed by atoms with Crippen molar-refractivity contribution in [1.29, 1.82) is 0 Å². The second-order valence-electron chi connectivity index (χ2n) is 3.81. The van der Waals surface area contributed by atoms with Crippen molar-refractivity contribution in [1.82, 2.24) is 4.90 Å². The van der Waals surface area contributed by atoms with Crippen molar-refractivity contribution < 1.29 is 9.13 Å². The quantitative estimate of drug-likeness (QED) is 0.740. The molecule has 0 aliphatic carbocycles. The highest BCUT2D eigenvalue weighted by Gasteiger charge is 2.20. The van der Waals surface area contributed by atoms with E-state index in [1.807, 2.05) is 6.07 Å². The summed E-state index contributed by atoms with van der Waals surface area (Å²) in [5.74, 6) is -0.190. The first-order valence-electron chi connectivity index (χ1n) is 5.39. The molecule has 1 heterocycles. The van der Waals surface area contributed by atoms with Crippen LogP contribution in [0.25, 0.3) is 0 Å². The average Bonchev–Trinajstić information content (AvgIpc) is 2.29. The molecule has 82 valence electrons. The van der Waals surface area contributed by atoms with Gasteiger partial charge in [-0.25, -0.2) is 4.39 Å². The summed E-state index contributed by atoms with van der Waals surface area (Å²) in [6, 6.07) is 6.68. The van der Waals surface area contributed by atoms with Crippen LogP contribution in [0.15, 0.2) is 24.3 Å². The molecule has 0 bridgehead atoms. The summed E-state index contributed by atoms with van der Waals surface area (Å²) in [4.78, 5) is 2.32. The van der Waals surface area contributed by atoms with E-state index in [2.05, 4.69) is 11.8 Å². The standard InChI is InChI=1S/C12H16FNO/c1-2-14-6-7-15-12(9-14)10-4-3-5-11(13)8-10/h3-5,8,12H,2,6-7,9H2,1H3/t12-/m1/s1. The van der Waals surface area contributed by atoms with Crippen LogP contribution in [0.4, 0.5) is 4.39 Å². The molecule has 1 aliphatic rings. The van der Waals surface area contributed by atoms with Crippen molar-refractivity contribution >= 4 is 0 Å². The molecular formula is C12H16FNO. The first kappa shape index (κ1) is 10.6. The van der Waals surface area contributed by atoms with Gasteiger partial charge >= 0.3 is 0 Å². The number of ether oxygens (including phenoxy) is 1. The normalized spacial score (nSPS) is 22.9. The van der Waals surface area contributed by atoms with Gasteiger partial charge < -0.3 is 4.74 Å². The minimum absolute atomic E-state index is 0.0226. The maximum absolute atomic E-state index is 13.0. The molecule has 1 fully saturated rings. The van der Waals surface area contributed by atoms with Crippen LogP contribution < -0.4 is 0 Å². The third-order valence-electron chi connectivity index (χ3n) is 2.82. The Labute approximate surface area is 89.7 Å². The predicted molar refractivity (Wildman–Crippen MR) is 57.2 cm³/mol. The lowest BCUT2D eigenvalue weighted by Gasteiger charge is -2.32. The molecule has 2 rings (SSSR count). The Morgan fingerprint density at radius 1 is 1.53 bits per heavy atom. The Balaban J connectivity index is 2.09. The topological polar surface area (TPSA) is 12.5 Å². The molecule has 0 aromatic heterocycles. The molecule has 0 saturated carbocycles. The average molecular weight is 209 g/mol. The summed E-state index contributed by atoms with van der Waals surface area (Å²) in [5, 5.41) is 0. The summed E-state index contributed by atoms with van der Waals surface area (Å²) >= 11 is 0. The fourth-order valence-electron chi connectivity index (χ4n) is 1.90. The van der Waals surface area contributed by atoms with Crippen molar-refractivity contribution in [3.05, 3.63) is 35.6 Å². The third-order valence-corrected chi connectivity index (χ3v) is 2.82. The van der Waals surface area contributed by atoms with E-state index in [1.165, 1.54) is 6.07 Å². The van der Waals surface area contributed by atoms with Gasteiger partial charge in [-0.15, -0.1) is 0 Å². The molecule has 0 amide bonds. The summed E-state index contributed by atoms with van der Waals surface area (Å²) in [6.07, 6.45) is 0.0226. The zero-order valence-corrected chi connectivity index (χ0v) is 8.95. The van der Waals surface area contributed by atoms with Crippen LogP contribution in [0.2, 0.25) is 0 Å². The minimum atomic E-state index is -0.190. The number of benzene rings is 1. The van der Waals surface area contributed by atoms with Crippen LogP contribution >= 0.6 is 0 Å². The number of nitrogens with zero attached hydrogens (tertiary/aromatic N) is 1. The monoisotopic (exact) mass is 209 g/mol. The van der Waals surface area contributed by atoms with Crippen LogP contribution in [0.3, 0.4) is 0 Å². The van der Waals surface area contributed by atoms with Gasteiger partial charge in [0.15, 0.2) is 0 Å². The summed E-state index contributed by atoms with van der Waals surface area (Å²) in [5.41, 5.74) is 0.938. The maximum Gasteiger partial charge on any atom is 0.123 e. The Bertz CT molecular complexity index is 329. The van der Waals surface area contributed by atoms with Gasteiger partial charge in [0, 0.05) is 13.1 Å². The third kappa shape index (κ3) is 2.55. The van der Waals surface area contributed by atoms with Crippen molar-refractivity contribution in [2.45, 2.75) is 13.0 Å². The van der Waals surface area contributed by atoms with Gasteiger partial charge in [-0.05, 0) is 24.2 Å². The fourth-order valence-corrected chi connectivity index (χ4v) is 1.90. The van der Waals surface area contributed by atoms with Crippen LogP contribution in [0.1, 0.15) is 18.6 Å². The van der Waals surface area contributed by atoms with Gasteiger partial charge in [0.1, 0.15) is 5.82 Å². The SMILES string of the molecule is CCN1CCO[C@@H](c2cccc(F)c2)C1. The first-order valence-corrected chi connectivity index (χ1v) is 5.39. The molecule has 1 saturated heterocycles. The van der Waals surface area contributed by atoms with Crippen molar-refractivity contribution in [2.75, 3.05) is 26.2 Å². The van der Waals surface area contributed by atoms with Crippen LogP contribution in [0.5, 0.6) is 0 Å². The van der Waals surface area contributed by atoms with Crippen molar-refractivity contribution in [3.63, 3.8) is 0 Å². The molecule has 0 unspecified atom stereocenters. The molecule has 0 N–H and O–H groups in total. The van der Waals surface area contributed by atoms with E-state index >= 15 is 0 Å². The molecule has 1 aliphatic heterocycles. The Hall–Kier alpha value is -0.930. The van der Waals surface area contributed by atoms with E-state index in [1.54, 1.807) is 12.1 Å². The van der Waals surface area contributed by atoms with E-state index in [0.717, 1.165) is 31.8 Å². The second kappa shape index (κ2) is 4.73. The van der Waals surface area contributed by atoms with Crippen LogP contribution in [-0.4, -0.2) is 31.1 Å². The highest BCUT2D eigenvalue weighted by molar-refractivity contribution is 5.19. The summed E-state index contributed by atoms with van der Waals surface area (Å²) < 4.78 is 18.7. The summed E-state index contributed by atoms with van der Waals surface area (Å²) in [7, 11) is 0. The highest BCUT2D eigenvalue weighted by Crippen LogP contribution is 2.22. The number of morpholine rings is 1. The van der Waals surface area contributed by atoms with Gasteiger partial charge in [0.25, 0.3) is 0 Å². The van der Waals surface area contributed by atoms with Gasteiger partial charge in [-0.2, -0.15) is 0 Å². The maximum atomic E-state index is 13.0. The number of hydrogen-bond donors (Lipinski definition) is 0. The zero-order chi connectivity index (χ0) is 10.7. The van der Waals surface area contributed by atoms with Crippen molar-refractivity contribution in [2.24, 2.45) is 0 Å². The van der Waals surface area contributed by atoms with Gasteiger partial charge in [-0.1, -0.05) is 19.1 Å². The Morgan fingerprint density at radius 3 is 3.13 bits per heavy atom. The molecular weight excluding hydrogens is 193 g/mol. The van der Waals surface area contributed by atoms with E-state index in [0.29, 0.717) is 0 Å². The Kier molecular flexibility index (Phi) is 3.34. The van der Waals surface area contributed by atoms with Gasteiger partial charge in [0.2, 0.25) is 0 Å². The predicted octanol–water partition coefficient (Wildman–Crippen LogP) is 2.22. The number of hydrogen-bond acceptors (Lipinski definition) is 2. The van der Waals surface area contributed by atoms with E-state index in [-0.39, 0.29) is 11.9 Å². The van der Waals surface area contributed by atoms with E-state index in [4.69, 9.17) is 4.74 Å². The van der Waals surface area contributed by atoms with Crippen LogP contribution in [-0.2, 0) is 4.74 Å². The molecule has 1 aromatic carbocycles. The molecule has 1 aromatic rings. The first-order chi connectivity index (χ1) is 7.29. The van der Waals surface area contributed by atoms with E-state index < -0.39 is 0 Å². The molecule has 15 heavy (non-hydrogen) atoms.